The third-order valence-electron chi connectivity index (χ3n) is 5.81. The quantitative estimate of drug-likeness (QED) is 0.208. The van der Waals surface area contributed by atoms with Gasteiger partial charge >= 0.3 is 5.63 Å². The third-order valence-corrected chi connectivity index (χ3v) is 7.69. The maximum absolute atomic E-state index is 13.7. The van der Waals surface area contributed by atoms with Gasteiger partial charge in [-0.1, -0.05) is 30.0 Å². The zero-order valence-electron chi connectivity index (χ0n) is 17.4. The molecule has 1 N–H and O–H groups in total. The SMILES string of the molecule is O=c1cc(CSc2nc3scc(C4CC4)c3c(=O)n2-c2ccccc2)c2ccc(O)cc2o1. The minimum atomic E-state index is -0.486. The number of benzene rings is 2. The van der Waals surface area contributed by atoms with Gasteiger partial charge in [0, 0.05) is 23.3 Å². The van der Waals surface area contributed by atoms with Crippen LogP contribution in [0.5, 0.6) is 5.75 Å². The van der Waals surface area contributed by atoms with Gasteiger partial charge in [-0.2, -0.15) is 0 Å². The Bertz CT molecular complexity index is 1630. The van der Waals surface area contributed by atoms with Crippen LogP contribution in [0.2, 0.25) is 0 Å². The lowest BCUT2D eigenvalue weighted by Gasteiger charge is -2.13. The van der Waals surface area contributed by atoms with E-state index < -0.39 is 5.63 Å². The molecular formula is C25H18N2O4S2. The Morgan fingerprint density at radius 1 is 1.12 bits per heavy atom. The van der Waals surface area contributed by atoms with E-state index in [9.17, 15) is 14.7 Å². The molecule has 0 amide bonds. The average Bonchev–Trinajstić information content (AvgIpc) is 3.56. The molecular weight excluding hydrogens is 456 g/mol. The van der Waals surface area contributed by atoms with Gasteiger partial charge in [0.05, 0.1) is 11.1 Å². The van der Waals surface area contributed by atoms with Crippen molar-refractivity contribution in [3.8, 4) is 11.4 Å². The van der Waals surface area contributed by atoms with Crippen molar-refractivity contribution in [2.45, 2.75) is 29.7 Å². The molecule has 0 spiro atoms. The van der Waals surface area contributed by atoms with Crippen LogP contribution in [0.1, 0.15) is 29.9 Å². The van der Waals surface area contributed by atoms with E-state index in [0.29, 0.717) is 22.4 Å². The van der Waals surface area contributed by atoms with E-state index in [0.717, 1.165) is 45.3 Å². The van der Waals surface area contributed by atoms with Crippen molar-refractivity contribution in [2.75, 3.05) is 0 Å². The second-order valence-electron chi connectivity index (χ2n) is 8.08. The Balaban J connectivity index is 1.48. The predicted octanol–water partition coefficient (Wildman–Crippen LogP) is 5.43. The average molecular weight is 475 g/mol. The first-order valence-electron chi connectivity index (χ1n) is 10.6. The van der Waals surface area contributed by atoms with Gasteiger partial charge in [0.15, 0.2) is 5.16 Å². The molecule has 6 rings (SSSR count). The first-order chi connectivity index (χ1) is 16.1. The number of phenolic OH excluding ortho intramolecular Hbond substituents is 1. The maximum Gasteiger partial charge on any atom is 0.336 e. The van der Waals surface area contributed by atoms with Gasteiger partial charge in [0.1, 0.15) is 16.2 Å². The number of hydrogen-bond donors (Lipinski definition) is 1. The van der Waals surface area contributed by atoms with E-state index in [1.165, 1.54) is 35.2 Å². The van der Waals surface area contributed by atoms with Crippen LogP contribution in [0.4, 0.5) is 0 Å². The molecule has 1 fully saturated rings. The highest BCUT2D eigenvalue weighted by Crippen LogP contribution is 2.44. The highest BCUT2D eigenvalue weighted by atomic mass is 32.2. The summed E-state index contributed by atoms with van der Waals surface area (Å²) in [6.45, 7) is 0. The highest BCUT2D eigenvalue weighted by molar-refractivity contribution is 7.98. The van der Waals surface area contributed by atoms with E-state index in [2.05, 4.69) is 5.38 Å². The summed E-state index contributed by atoms with van der Waals surface area (Å²) in [7, 11) is 0. The van der Waals surface area contributed by atoms with Crippen molar-refractivity contribution >= 4 is 44.3 Å². The van der Waals surface area contributed by atoms with Crippen LogP contribution in [-0.4, -0.2) is 14.7 Å². The molecule has 0 atom stereocenters. The first-order valence-corrected chi connectivity index (χ1v) is 12.4. The summed E-state index contributed by atoms with van der Waals surface area (Å²) in [6.07, 6.45) is 2.23. The minimum Gasteiger partial charge on any atom is -0.508 e. The van der Waals surface area contributed by atoms with Crippen molar-refractivity contribution in [2.24, 2.45) is 0 Å². The smallest absolute Gasteiger partial charge is 0.336 e. The standard InChI is InChI=1S/C25H18N2O4S2/c28-17-8-9-18-15(10-21(29)31-20(18)11-17)12-33-25-26-23-22(19(13-32-23)14-6-7-14)24(30)27(25)16-4-2-1-3-5-16/h1-5,8-11,13-14,28H,6-7,12H2. The molecule has 6 nitrogen and oxygen atoms in total. The zero-order chi connectivity index (χ0) is 22.5. The van der Waals surface area contributed by atoms with Crippen molar-refractivity contribution in [3.05, 3.63) is 91.9 Å². The number of nitrogens with zero attached hydrogens (tertiary/aromatic N) is 2. The molecule has 8 heteroatoms. The summed E-state index contributed by atoms with van der Waals surface area (Å²) in [4.78, 5) is 31.4. The van der Waals surface area contributed by atoms with Crippen molar-refractivity contribution in [3.63, 3.8) is 0 Å². The largest absolute Gasteiger partial charge is 0.508 e. The number of thiophene rings is 1. The summed E-state index contributed by atoms with van der Waals surface area (Å²) in [5.74, 6) is 0.908. The van der Waals surface area contributed by atoms with E-state index in [1.54, 1.807) is 16.7 Å². The van der Waals surface area contributed by atoms with Gasteiger partial charge in [-0.3, -0.25) is 9.36 Å². The Labute approximate surface area is 196 Å². The van der Waals surface area contributed by atoms with E-state index in [-0.39, 0.29) is 11.3 Å². The molecule has 164 valence electrons. The van der Waals surface area contributed by atoms with E-state index >= 15 is 0 Å². The van der Waals surface area contributed by atoms with Crippen LogP contribution < -0.4 is 11.2 Å². The zero-order valence-corrected chi connectivity index (χ0v) is 19.0. The normalized spacial score (nSPS) is 13.7. The molecule has 0 bridgehead atoms. The number of rotatable bonds is 5. The van der Waals surface area contributed by atoms with E-state index in [4.69, 9.17) is 9.40 Å². The molecule has 0 aliphatic heterocycles. The number of thioether (sulfide) groups is 1. The molecule has 3 heterocycles. The lowest BCUT2D eigenvalue weighted by atomic mass is 10.1. The predicted molar refractivity (Wildman–Crippen MR) is 131 cm³/mol. The summed E-state index contributed by atoms with van der Waals surface area (Å²) >= 11 is 2.91. The summed E-state index contributed by atoms with van der Waals surface area (Å²) < 4.78 is 6.91. The topological polar surface area (TPSA) is 85.3 Å². The number of fused-ring (bicyclic) bond motifs is 2. The van der Waals surface area contributed by atoms with Gasteiger partial charge in [0.2, 0.25) is 0 Å². The number of para-hydroxylation sites is 1. The molecule has 33 heavy (non-hydrogen) atoms. The molecule has 1 aliphatic rings. The monoisotopic (exact) mass is 474 g/mol. The Kier molecular flexibility index (Phi) is 4.85. The molecule has 0 radical (unpaired) electrons. The fraction of sp³-hybridized carbons (Fsp3) is 0.160. The van der Waals surface area contributed by atoms with Gasteiger partial charge in [-0.15, -0.1) is 11.3 Å². The van der Waals surface area contributed by atoms with Crippen molar-refractivity contribution in [1.82, 2.24) is 9.55 Å². The van der Waals surface area contributed by atoms with Crippen LogP contribution >= 0.6 is 23.1 Å². The fourth-order valence-corrected chi connectivity index (χ4v) is 6.14. The third kappa shape index (κ3) is 3.65. The minimum absolute atomic E-state index is 0.0321. The van der Waals surface area contributed by atoms with Gasteiger partial charge < -0.3 is 9.52 Å². The van der Waals surface area contributed by atoms with E-state index in [1.807, 2.05) is 30.3 Å². The molecule has 1 aliphatic carbocycles. The highest BCUT2D eigenvalue weighted by Gasteiger charge is 2.29. The fourth-order valence-electron chi connectivity index (χ4n) is 4.07. The van der Waals surface area contributed by atoms with Crippen LogP contribution in [0, 0.1) is 0 Å². The molecule has 3 aromatic heterocycles. The molecule has 0 unspecified atom stereocenters. The van der Waals surface area contributed by atoms with Crippen LogP contribution in [0.15, 0.2) is 79.1 Å². The molecule has 2 aromatic carbocycles. The van der Waals surface area contributed by atoms with Crippen LogP contribution in [-0.2, 0) is 5.75 Å². The number of aromatic nitrogens is 2. The van der Waals surface area contributed by atoms with Crippen molar-refractivity contribution in [1.29, 1.82) is 0 Å². The Morgan fingerprint density at radius 2 is 1.94 bits per heavy atom. The lowest BCUT2D eigenvalue weighted by molar-refractivity contribution is 0.473. The van der Waals surface area contributed by atoms with Crippen molar-refractivity contribution < 1.29 is 9.52 Å². The van der Waals surface area contributed by atoms with Crippen LogP contribution in [0.25, 0.3) is 26.9 Å². The number of phenols is 1. The number of aromatic hydroxyl groups is 1. The molecule has 0 saturated heterocycles. The van der Waals surface area contributed by atoms with Gasteiger partial charge in [0.25, 0.3) is 5.56 Å². The van der Waals surface area contributed by atoms with Gasteiger partial charge in [-0.25, -0.2) is 9.78 Å². The summed E-state index contributed by atoms with van der Waals surface area (Å²) in [5.41, 5.74) is 2.41. The summed E-state index contributed by atoms with van der Waals surface area (Å²) in [6, 6.07) is 15.7. The Hall–Kier alpha value is -3.36. The van der Waals surface area contributed by atoms with Gasteiger partial charge in [-0.05, 0) is 59.5 Å². The first kappa shape index (κ1) is 20.3. The lowest BCUT2D eigenvalue weighted by Crippen LogP contribution is -2.21. The second-order valence-corrected chi connectivity index (χ2v) is 9.88. The number of hydrogen-bond acceptors (Lipinski definition) is 7. The second kappa shape index (κ2) is 7.90. The Morgan fingerprint density at radius 3 is 2.73 bits per heavy atom. The summed E-state index contributed by atoms with van der Waals surface area (Å²) in [5, 5.41) is 13.8. The maximum atomic E-state index is 13.7. The molecule has 1 saturated carbocycles. The van der Waals surface area contributed by atoms with Crippen LogP contribution in [0.3, 0.4) is 0 Å². The molecule has 5 aromatic rings.